The van der Waals surface area contributed by atoms with Gasteiger partial charge in [0.25, 0.3) is 0 Å². The van der Waals surface area contributed by atoms with Crippen molar-refractivity contribution in [1.29, 1.82) is 0 Å². The van der Waals surface area contributed by atoms with Gasteiger partial charge in [-0.1, -0.05) is 19.1 Å². The fourth-order valence-corrected chi connectivity index (χ4v) is 2.13. The van der Waals surface area contributed by atoms with Crippen LogP contribution in [0.5, 0.6) is 0 Å². The minimum Gasteiger partial charge on any atom is -0.419 e. The van der Waals surface area contributed by atoms with E-state index in [1.165, 1.54) is 0 Å². The van der Waals surface area contributed by atoms with Crippen LogP contribution in [0, 0.1) is 5.92 Å². The van der Waals surface area contributed by atoms with Gasteiger partial charge in [-0.3, -0.25) is 0 Å². The second-order valence-corrected chi connectivity index (χ2v) is 5.66. The lowest BCUT2D eigenvalue weighted by Gasteiger charge is -2.17. The van der Waals surface area contributed by atoms with Gasteiger partial charge in [-0.05, 0) is 40.9 Å². The lowest BCUT2D eigenvalue weighted by molar-refractivity contribution is 0.205. The number of nitrogens with one attached hydrogen (secondary N) is 1. The Kier molecular flexibility index (Phi) is 5.28. The van der Waals surface area contributed by atoms with Gasteiger partial charge in [0.05, 0.1) is 12.1 Å². The number of halogens is 1. The van der Waals surface area contributed by atoms with E-state index in [4.69, 9.17) is 9.52 Å². The molecule has 1 aromatic carbocycles. The van der Waals surface area contributed by atoms with Crippen molar-refractivity contribution in [3.63, 3.8) is 0 Å². The molecule has 0 bridgehead atoms. The Labute approximate surface area is 126 Å². The van der Waals surface area contributed by atoms with Crippen LogP contribution in [0.3, 0.4) is 0 Å². The summed E-state index contributed by atoms with van der Waals surface area (Å²) in [5.41, 5.74) is 0.878. The molecule has 0 aliphatic carbocycles. The average Bonchev–Trinajstić information content (AvgIpc) is 2.93. The number of aromatic nitrogens is 2. The van der Waals surface area contributed by atoms with Gasteiger partial charge in [-0.15, -0.1) is 10.2 Å². The Morgan fingerprint density at radius 3 is 2.75 bits per heavy atom. The third kappa shape index (κ3) is 3.65. The number of nitrogens with zero attached hydrogens (tertiary/aromatic N) is 2. The molecule has 20 heavy (non-hydrogen) atoms. The summed E-state index contributed by atoms with van der Waals surface area (Å²) in [7, 11) is 0. The molecule has 2 unspecified atom stereocenters. The van der Waals surface area contributed by atoms with Crippen molar-refractivity contribution < 1.29 is 9.52 Å². The fourth-order valence-electron chi connectivity index (χ4n) is 1.68. The highest BCUT2D eigenvalue weighted by molar-refractivity contribution is 9.10. The van der Waals surface area contributed by atoms with E-state index in [2.05, 4.69) is 31.4 Å². The van der Waals surface area contributed by atoms with Gasteiger partial charge >= 0.3 is 0 Å². The number of aliphatic hydroxyl groups is 1. The molecule has 2 N–H and O–H groups in total. The highest BCUT2D eigenvalue weighted by Crippen LogP contribution is 2.26. The molecule has 0 saturated heterocycles. The van der Waals surface area contributed by atoms with Gasteiger partial charge in [0, 0.05) is 17.1 Å². The number of hydrogen-bond donors (Lipinski definition) is 2. The summed E-state index contributed by atoms with van der Waals surface area (Å²) < 4.78 is 6.56. The van der Waals surface area contributed by atoms with Crippen LogP contribution in [0.25, 0.3) is 11.5 Å². The summed E-state index contributed by atoms with van der Waals surface area (Å²) in [6.07, 6.45) is 0. The molecule has 0 fully saturated rings. The molecule has 1 aromatic heterocycles. The highest BCUT2D eigenvalue weighted by atomic mass is 79.9. The molecule has 0 saturated carbocycles. The molecule has 108 valence electrons. The fraction of sp³-hybridized carbons (Fsp3) is 0.429. The molecule has 0 aliphatic heterocycles. The van der Waals surface area contributed by atoms with Crippen molar-refractivity contribution in [2.45, 2.75) is 26.4 Å². The lowest BCUT2D eigenvalue weighted by Crippen LogP contribution is -2.33. The predicted molar refractivity (Wildman–Crippen MR) is 80.0 cm³/mol. The maximum absolute atomic E-state index is 9.09. The zero-order valence-electron chi connectivity index (χ0n) is 11.5. The first-order valence-electron chi connectivity index (χ1n) is 6.53. The van der Waals surface area contributed by atoms with Crippen LogP contribution in [0.2, 0.25) is 0 Å². The smallest absolute Gasteiger partial charge is 0.248 e. The summed E-state index contributed by atoms with van der Waals surface area (Å²) >= 11 is 3.46. The summed E-state index contributed by atoms with van der Waals surface area (Å²) in [4.78, 5) is 0. The molecule has 6 heteroatoms. The van der Waals surface area contributed by atoms with Crippen molar-refractivity contribution in [1.82, 2.24) is 15.5 Å². The molecule has 5 nitrogen and oxygen atoms in total. The Morgan fingerprint density at radius 1 is 1.30 bits per heavy atom. The van der Waals surface area contributed by atoms with Crippen LogP contribution in [-0.4, -0.2) is 28.0 Å². The van der Waals surface area contributed by atoms with Gasteiger partial charge in [-0.25, -0.2) is 0 Å². The molecule has 2 atom stereocenters. The van der Waals surface area contributed by atoms with Crippen molar-refractivity contribution in [3.05, 3.63) is 34.6 Å². The highest BCUT2D eigenvalue weighted by Gasteiger charge is 2.14. The van der Waals surface area contributed by atoms with Gasteiger partial charge in [0.2, 0.25) is 11.8 Å². The van der Waals surface area contributed by atoms with Crippen LogP contribution in [0.1, 0.15) is 19.7 Å². The van der Waals surface area contributed by atoms with E-state index in [9.17, 15) is 0 Å². The quantitative estimate of drug-likeness (QED) is 0.846. The predicted octanol–water partition coefficient (Wildman–Crippen LogP) is 2.61. The van der Waals surface area contributed by atoms with Gasteiger partial charge in [0.1, 0.15) is 0 Å². The normalized spacial score (nSPS) is 14.2. The Hall–Kier alpha value is -1.24. The second kappa shape index (κ2) is 6.97. The molecule has 0 spiro atoms. The second-order valence-electron chi connectivity index (χ2n) is 4.81. The number of rotatable bonds is 6. The van der Waals surface area contributed by atoms with Crippen LogP contribution in [0.15, 0.2) is 33.2 Å². The summed E-state index contributed by atoms with van der Waals surface area (Å²) in [5, 5.41) is 20.4. The third-order valence-electron chi connectivity index (χ3n) is 3.29. The molecular formula is C14H18BrN3O2. The van der Waals surface area contributed by atoms with Crippen LogP contribution < -0.4 is 5.32 Å². The van der Waals surface area contributed by atoms with Gasteiger partial charge in [0.15, 0.2) is 0 Å². The molecule has 0 aliphatic rings. The Balaban J connectivity index is 2.01. The number of benzene rings is 1. The summed E-state index contributed by atoms with van der Waals surface area (Å²) in [6, 6.07) is 7.89. The largest absolute Gasteiger partial charge is 0.419 e. The van der Waals surface area contributed by atoms with E-state index in [1.807, 2.05) is 38.1 Å². The van der Waals surface area contributed by atoms with Crippen molar-refractivity contribution in [2.24, 2.45) is 5.92 Å². The van der Waals surface area contributed by atoms with Crippen LogP contribution >= 0.6 is 15.9 Å². The standard InChI is InChI=1S/C14H18BrN3O2/c1-9(8-19)10(2)16-7-13-17-18-14(20-13)11-5-3-4-6-12(11)15/h3-6,9-10,16,19H,7-8H2,1-2H3. The minimum atomic E-state index is 0.153. The molecule has 0 amide bonds. The van der Waals surface area contributed by atoms with E-state index < -0.39 is 0 Å². The average molecular weight is 340 g/mol. The Morgan fingerprint density at radius 2 is 2.05 bits per heavy atom. The van der Waals surface area contributed by atoms with Crippen molar-refractivity contribution in [3.8, 4) is 11.5 Å². The molecular weight excluding hydrogens is 322 g/mol. The monoisotopic (exact) mass is 339 g/mol. The maximum atomic E-state index is 9.09. The van der Waals surface area contributed by atoms with E-state index >= 15 is 0 Å². The first-order valence-corrected chi connectivity index (χ1v) is 7.32. The third-order valence-corrected chi connectivity index (χ3v) is 3.98. The van der Waals surface area contributed by atoms with Gasteiger partial charge < -0.3 is 14.8 Å². The van der Waals surface area contributed by atoms with E-state index in [1.54, 1.807) is 0 Å². The van der Waals surface area contributed by atoms with E-state index in [0.717, 1.165) is 10.0 Å². The zero-order chi connectivity index (χ0) is 14.5. The molecule has 2 rings (SSSR count). The first kappa shape index (κ1) is 15.2. The molecule has 2 aromatic rings. The van der Waals surface area contributed by atoms with Gasteiger partial charge in [-0.2, -0.15) is 0 Å². The SMILES string of the molecule is CC(CO)C(C)NCc1nnc(-c2ccccc2Br)o1. The van der Waals surface area contributed by atoms with Crippen molar-refractivity contribution >= 4 is 15.9 Å². The minimum absolute atomic E-state index is 0.153. The number of aliphatic hydroxyl groups excluding tert-OH is 1. The van der Waals surface area contributed by atoms with Crippen molar-refractivity contribution in [2.75, 3.05) is 6.61 Å². The van der Waals surface area contributed by atoms with Crippen LogP contribution in [-0.2, 0) is 6.54 Å². The summed E-state index contributed by atoms with van der Waals surface area (Å²) in [6.45, 7) is 4.65. The topological polar surface area (TPSA) is 71.2 Å². The first-order chi connectivity index (χ1) is 9.61. The maximum Gasteiger partial charge on any atom is 0.248 e. The Bertz CT molecular complexity index is 559. The number of hydrogen-bond acceptors (Lipinski definition) is 5. The van der Waals surface area contributed by atoms with E-state index in [-0.39, 0.29) is 18.6 Å². The molecule has 0 radical (unpaired) electrons. The zero-order valence-corrected chi connectivity index (χ0v) is 13.1. The lowest BCUT2D eigenvalue weighted by atomic mass is 10.1. The van der Waals surface area contributed by atoms with Crippen LogP contribution in [0.4, 0.5) is 0 Å². The molecule has 1 heterocycles. The summed E-state index contributed by atoms with van der Waals surface area (Å²) in [5.74, 6) is 1.21. The van der Waals surface area contributed by atoms with E-state index in [0.29, 0.717) is 18.3 Å².